The summed E-state index contributed by atoms with van der Waals surface area (Å²) in [6.45, 7) is 5.54. The van der Waals surface area contributed by atoms with Crippen molar-refractivity contribution in [3.63, 3.8) is 0 Å². The van der Waals surface area contributed by atoms with Crippen molar-refractivity contribution >= 4 is 22.6 Å². The van der Waals surface area contributed by atoms with Gasteiger partial charge in [-0.05, 0) is 43.2 Å². The molecule has 2 aromatic carbocycles. The number of para-hydroxylation sites is 1. The first-order valence-electron chi connectivity index (χ1n) is 8.73. The Kier molecular flexibility index (Phi) is 3.75. The summed E-state index contributed by atoms with van der Waals surface area (Å²) < 4.78 is 2.27. The highest BCUT2D eigenvalue weighted by molar-refractivity contribution is 5.91. The molecule has 0 fully saturated rings. The van der Waals surface area contributed by atoms with E-state index in [1.54, 1.807) is 0 Å². The second-order valence-electron chi connectivity index (χ2n) is 6.90. The van der Waals surface area contributed by atoms with Crippen LogP contribution in [0.4, 0.5) is 10.5 Å². The molecule has 0 saturated heterocycles. The first kappa shape index (κ1) is 15.8. The highest BCUT2D eigenvalue weighted by Gasteiger charge is 2.25. The molecular formula is C21H23N3O. The number of hydrogen-bond acceptors (Lipinski definition) is 1. The number of fused-ring (bicyclic) bond motifs is 3. The van der Waals surface area contributed by atoms with Crippen LogP contribution in [0.3, 0.4) is 0 Å². The largest absolute Gasteiger partial charge is 0.347 e. The number of anilines is 1. The molecule has 4 heteroatoms. The molecule has 4 nitrogen and oxygen atoms in total. The van der Waals surface area contributed by atoms with Gasteiger partial charge in [0.1, 0.15) is 0 Å². The number of aryl methyl sites for hydroxylation is 3. The Morgan fingerprint density at radius 3 is 2.68 bits per heavy atom. The van der Waals surface area contributed by atoms with Crippen molar-refractivity contribution in [3.05, 3.63) is 64.8 Å². The Labute approximate surface area is 148 Å². The molecule has 1 aliphatic rings. The van der Waals surface area contributed by atoms with E-state index in [4.69, 9.17) is 0 Å². The molecule has 2 amide bonds. The van der Waals surface area contributed by atoms with Gasteiger partial charge in [0, 0.05) is 54.4 Å². The fourth-order valence-corrected chi connectivity index (χ4v) is 3.73. The SMILES string of the molecule is Cc1ccc(NC(=O)N2CCc3c(c4ccccc4n3C)C2)cc1C. The molecule has 0 spiro atoms. The van der Waals surface area contributed by atoms with E-state index >= 15 is 0 Å². The summed E-state index contributed by atoms with van der Waals surface area (Å²) in [6.07, 6.45) is 0.890. The standard InChI is InChI=1S/C21H23N3O/c1-14-8-9-16(12-15(14)2)22-21(25)24-11-10-20-18(13-24)17-6-4-5-7-19(17)23(20)3/h4-9,12H,10-11,13H2,1-3H3,(H,22,25). The van der Waals surface area contributed by atoms with E-state index in [9.17, 15) is 4.79 Å². The molecule has 25 heavy (non-hydrogen) atoms. The molecular weight excluding hydrogens is 310 g/mol. The van der Waals surface area contributed by atoms with Gasteiger partial charge in [-0.3, -0.25) is 0 Å². The van der Waals surface area contributed by atoms with E-state index < -0.39 is 0 Å². The molecule has 0 atom stereocenters. The third-order valence-corrected chi connectivity index (χ3v) is 5.36. The molecule has 0 radical (unpaired) electrons. The molecule has 0 saturated carbocycles. The summed E-state index contributed by atoms with van der Waals surface area (Å²) in [7, 11) is 2.12. The molecule has 128 valence electrons. The number of urea groups is 1. The molecule has 2 heterocycles. The van der Waals surface area contributed by atoms with Gasteiger partial charge in [-0.15, -0.1) is 0 Å². The van der Waals surface area contributed by atoms with Gasteiger partial charge >= 0.3 is 6.03 Å². The van der Waals surface area contributed by atoms with Gasteiger partial charge in [0.25, 0.3) is 0 Å². The number of rotatable bonds is 1. The van der Waals surface area contributed by atoms with Crippen LogP contribution < -0.4 is 5.32 Å². The quantitative estimate of drug-likeness (QED) is 0.705. The lowest BCUT2D eigenvalue weighted by molar-refractivity contribution is 0.206. The third-order valence-electron chi connectivity index (χ3n) is 5.36. The van der Waals surface area contributed by atoms with Gasteiger partial charge < -0.3 is 14.8 Å². The molecule has 1 N–H and O–H groups in total. The first-order chi connectivity index (χ1) is 12.0. The maximum Gasteiger partial charge on any atom is 0.322 e. The van der Waals surface area contributed by atoms with Crippen molar-refractivity contribution in [1.82, 2.24) is 9.47 Å². The molecule has 0 unspecified atom stereocenters. The van der Waals surface area contributed by atoms with Crippen LogP contribution in [-0.2, 0) is 20.0 Å². The van der Waals surface area contributed by atoms with Crippen molar-refractivity contribution in [2.24, 2.45) is 7.05 Å². The Morgan fingerprint density at radius 1 is 1.08 bits per heavy atom. The number of aromatic nitrogens is 1. The van der Waals surface area contributed by atoms with Crippen LogP contribution in [-0.4, -0.2) is 22.0 Å². The first-order valence-corrected chi connectivity index (χ1v) is 8.73. The van der Waals surface area contributed by atoms with Crippen LogP contribution in [0.5, 0.6) is 0 Å². The summed E-state index contributed by atoms with van der Waals surface area (Å²) >= 11 is 0. The Bertz CT molecular complexity index is 971. The van der Waals surface area contributed by atoms with E-state index in [0.717, 1.165) is 18.7 Å². The molecule has 0 aliphatic carbocycles. The van der Waals surface area contributed by atoms with Gasteiger partial charge in [-0.1, -0.05) is 24.3 Å². The van der Waals surface area contributed by atoms with Crippen molar-refractivity contribution in [2.75, 3.05) is 11.9 Å². The summed E-state index contributed by atoms with van der Waals surface area (Å²) in [4.78, 5) is 14.6. The van der Waals surface area contributed by atoms with Gasteiger partial charge in [-0.2, -0.15) is 0 Å². The Hall–Kier alpha value is -2.75. The summed E-state index contributed by atoms with van der Waals surface area (Å²) in [6, 6.07) is 14.4. The van der Waals surface area contributed by atoms with Crippen molar-refractivity contribution < 1.29 is 4.79 Å². The van der Waals surface area contributed by atoms with Gasteiger partial charge in [0.15, 0.2) is 0 Å². The monoisotopic (exact) mass is 333 g/mol. The predicted octanol–water partition coefficient (Wildman–Crippen LogP) is 4.39. The van der Waals surface area contributed by atoms with Crippen LogP contribution >= 0.6 is 0 Å². The van der Waals surface area contributed by atoms with Crippen LogP contribution in [0, 0.1) is 13.8 Å². The van der Waals surface area contributed by atoms with Gasteiger partial charge in [0.2, 0.25) is 0 Å². The molecule has 1 aliphatic heterocycles. The summed E-state index contributed by atoms with van der Waals surface area (Å²) in [5.41, 5.74) is 7.14. The second-order valence-corrected chi connectivity index (χ2v) is 6.90. The Balaban J connectivity index is 1.58. The summed E-state index contributed by atoms with van der Waals surface area (Å²) in [5.74, 6) is 0. The minimum atomic E-state index is -0.0261. The number of carbonyl (C=O) groups is 1. The van der Waals surface area contributed by atoms with E-state index in [2.05, 4.69) is 55.0 Å². The lowest BCUT2D eigenvalue weighted by atomic mass is 10.0. The molecule has 4 rings (SSSR count). The number of hydrogen-bond donors (Lipinski definition) is 1. The zero-order valence-electron chi connectivity index (χ0n) is 15.0. The van der Waals surface area contributed by atoms with Crippen molar-refractivity contribution in [1.29, 1.82) is 0 Å². The van der Waals surface area contributed by atoms with E-state index in [0.29, 0.717) is 6.54 Å². The molecule has 1 aromatic heterocycles. The predicted molar refractivity (Wildman–Crippen MR) is 102 cm³/mol. The maximum atomic E-state index is 12.7. The average Bonchev–Trinajstić information content (AvgIpc) is 2.91. The molecule has 3 aromatic rings. The van der Waals surface area contributed by atoms with E-state index in [1.165, 1.54) is 33.3 Å². The van der Waals surface area contributed by atoms with E-state index in [-0.39, 0.29) is 6.03 Å². The van der Waals surface area contributed by atoms with Crippen LogP contribution in [0.1, 0.15) is 22.4 Å². The Morgan fingerprint density at radius 2 is 1.88 bits per heavy atom. The smallest absolute Gasteiger partial charge is 0.322 e. The number of carbonyl (C=O) groups excluding carboxylic acids is 1. The zero-order chi connectivity index (χ0) is 17.6. The van der Waals surface area contributed by atoms with Crippen molar-refractivity contribution in [3.8, 4) is 0 Å². The average molecular weight is 333 g/mol. The maximum absolute atomic E-state index is 12.7. The number of benzene rings is 2. The van der Waals surface area contributed by atoms with Crippen LogP contribution in [0.25, 0.3) is 10.9 Å². The van der Waals surface area contributed by atoms with Gasteiger partial charge in [0.05, 0.1) is 0 Å². The third kappa shape index (κ3) is 2.68. The minimum Gasteiger partial charge on any atom is -0.347 e. The normalized spacial score (nSPS) is 13.8. The lowest BCUT2D eigenvalue weighted by Gasteiger charge is -2.28. The highest BCUT2D eigenvalue weighted by Crippen LogP contribution is 2.30. The van der Waals surface area contributed by atoms with Gasteiger partial charge in [-0.25, -0.2) is 4.79 Å². The van der Waals surface area contributed by atoms with Crippen LogP contribution in [0.15, 0.2) is 42.5 Å². The summed E-state index contributed by atoms with van der Waals surface area (Å²) in [5, 5.41) is 4.30. The fraction of sp³-hybridized carbons (Fsp3) is 0.286. The van der Waals surface area contributed by atoms with E-state index in [1.807, 2.05) is 23.1 Å². The number of amides is 2. The minimum absolute atomic E-state index is 0.0261. The topological polar surface area (TPSA) is 37.3 Å². The highest BCUT2D eigenvalue weighted by atomic mass is 16.2. The lowest BCUT2D eigenvalue weighted by Crippen LogP contribution is -2.39. The molecule has 0 bridgehead atoms. The second kappa shape index (κ2) is 5.96. The fourth-order valence-electron chi connectivity index (χ4n) is 3.73. The van der Waals surface area contributed by atoms with Crippen molar-refractivity contribution in [2.45, 2.75) is 26.8 Å². The number of nitrogens with zero attached hydrogens (tertiary/aromatic N) is 2. The zero-order valence-corrected chi connectivity index (χ0v) is 15.0. The van der Waals surface area contributed by atoms with Crippen LogP contribution in [0.2, 0.25) is 0 Å². The number of nitrogens with one attached hydrogen (secondary N) is 1.